The zero-order valence-electron chi connectivity index (χ0n) is 8.14. The molecule has 0 N–H and O–H groups in total. The minimum Gasteiger partial charge on any atom is -0.340 e. The molecule has 0 aliphatic heterocycles. The van der Waals surface area contributed by atoms with Gasteiger partial charge >= 0.3 is 0 Å². The number of hydrogen-bond acceptors (Lipinski definition) is 1. The summed E-state index contributed by atoms with van der Waals surface area (Å²) in [4.78, 5) is 13.1. The molecule has 0 saturated heterocycles. The van der Waals surface area contributed by atoms with Crippen molar-refractivity contribution in [2.45, 2.75) is 0 Å². The average Bonchev–Trinajstić information content (AvgIpc) is 2.17. The van der Waals surface area contributed by atoms with Crippen LogP contribution < -0.4 is 0 Å². The minimum atomic E-state index is -0.532. The Bertz CT molecular complexity index is 372. The van der Waals surface area contributed by atoms with Crippen LogP contribution in [0, 0.1) is 5.82 Å². The Kier molecular flexibility index (Phi) is 4.54. The Hall–Kier alpha value is -0.610. The molecule has 0 unspecified atom stereocenters. The first kappa shape index (κ1) is 12.5. The fourth-order valence-corrected chi connectivity index (χ4v) is 1.68. The highest BCUT2D eigenvalue weighted by molar-refractivity contribution is 9.10. The largest absolute Gasteiger partial charge is 0.340 e. The number of carbonyl (C=O) groups is 1. The molecule has 1 aromatic carbocycles. The summed E-state index contributed by atoms with van der Waals surface area (Å²) in [5.74, 6) is -0.558. The standard InChI is InChI=1S/C10H10BrClFNO/c1-14(5-4-12)10(15)8-3-2-7(11)6-9(8)13/h2-3,6H,4-5H2,1H3. The third-order valence-electron chi connectivity index (χ3n) is 1.93. The van der Waals surface area contributed by atoms with Gasteiger partial charge in [-0.1, -0.05) is 15.9 Å². The molecule has 0 radical (unpaired) electrons. The van der Waals surface area contributed by atoms with Crippen LogP contribution in [0.2, 0.25) is 0 Å². The molecule has 1 aromatic rings. The maximum atomic E-state index is 13.4. The second-order valence-electron chi connectivity index (χ2n) is 3.04. The molecule has 82 valence electrons. The predicted molar refractivity (Wildman–Crippen MR) is 61.8 cm³/mol. The first-order chi connectivity index (χ1) is 7.06. The highest BCUT2D eigenvalue weighted by Crippen LogP contribution is 2.16. The second kappa shape index (κ2) is 5.47. The normalized spacial score (nSPS) is 10.1. The number of alkyl halides is 1. The summed E-state index contributed by atoms with van der Waals surface area (Å²) < 4.78 is 14.0. The van der Waals surface area contributed by atoms with E-state index in [2.05, 4.69) is 15.9 Å². The van der Waals surface area contributed by atoms with Gasteiger partial charge in [0.25, 0.3) is 5.91 Å². The first-order valence-corrected chi connectivity index (χ1v) is 5.65. The molecule has 0 atom stereocenters. The number of halogens is 3. The van der Waals surface area contributed by atoms with E-state index < -0.39 is 5.82 Å². The predicted octanol–water partition coefficient (Wildman–Crippen LogP) is 2.90. The summed E-state index contributed by atoms with van der Waals surface area (Å²) in [6.45, 7) is 0.399. The van der Waals surface area contributed by atoms with Crippen molar-refractivity contribution >= 4 is 33.4 Å². The Morgan fingerprint density at radius 1 is 1.60 bits per heavy atom. The monoisotopic (exact) mass is 293 g/mol. The Balaban J connectivity index is 2.91. The van der Waals surface area contributed by atoms with Gasteiger partial charge in [-0.25, -0.2) is 4.39 Å². The van der Waals surface area contributed by atoms with Gasteiger partial charge in [0, 0.05) is 23.9 Å². The number of hydrogen-bond donors (Lipinski definition) is 0. The first-order valence-electron chi connectivity index (χ1n) is 4.32. The van der Waals surface area contributed by atoms with E-state index in [1.165, 1.54) is 17.0 Å². The summed E-state index contributed by atoms with van der Waals surface area (Å²) in [6.07, 6.45) is 0. The molecule has 2 nitrogen and oxygen atoms in total. The highest BCUT2D eigenvalue weighted by atomic mass is 79.9. The summed E-state index contributed by atoms with van der Waals surface area (Å²) in [6, 6.07) is 4.35. The van der Waals surface area contributed by atoms with E-state index in [-0.39, 0.29) is 11.5 Å². The lowest BCUT2D eigenvalue weighted by Gasteiger charge is -2.15. The van der Waals surface area contributed by atoms with Gasteiger partial charge in [0.2, 0.25) is 0 Å². The lowest BCUT2D eigenvalue weighted by atomic mass is 10.2. The van der Waals surface area contributed by atoms with Crippen molar-refractivity contribution in [3.63, 3.8) is 0 Å². The number of amides is 1. The molecule has 0 fully saturated rings. The van der Waals surface area contributed by atoms with Crippen LogP contribution in [0.1, 0.15) is 10.4 Å². The lowest BCUT2D eigenvalue weighted by molar-refractivity contribution is 0.0798. The van der Waals surface area contributed by atoms with Gasteiger partial charge in [0.05, 0.1) is 5.56 Å². The Morgan fingerprint density at radius 3 is 2.80 bits per heavy atom. The number of rotatable bonds is 3. The zero-order valence-corrected chi connectivity index (χ0v) is 10.5. The van der Waals surface area contributed by atoms with Crippen molar-refractivity contribution in [3.8, 4) is 0 Å². The van der Waals surface area contributed by atoms with Crippen molar-refractivity contribution in [2.24, 2.45) is 0 Å². The van der Waals surface area contributed by atoms with Crippen molar-refractivity contribution in [1.82, 2.24) is 4.90 Å². The summed E-state index contributed by atoms with van der Waals surface area (Å²) in [5.41, 5.74) is 0.0609. The van der Waals surface area contributed by atoms with Crippen molar-refractivity contribution in [3.05, 3.63) is 34.1 Å². The van der Waals surface area contributed by atoms with Crippen molar-refractivity contribution < 1.29 is 9.18 Å². The number of carbonyl (C=O) groups excluding carboxylic acids is 1. The fourth-order valence-electron chi connectivity index (χ4n) is 1.10. The van der Waals surface area contributed by atoms with E-state index in [4.69, 9.17) is 11.6 Å². The van der Waals surface area contributed by atoms with Crippen LogP contribution in [0.25, 0.3) is 0 Å². The average molecular weight is 295 g/mol. The van der Waals surface area contributed by atoms with Crippen LogP contribution in [0.15, 0.2) is 22.7 Å². The Morgan fingerprint density at radius 2 is 2.27 bits per heavy atom. The SMILES string of the molecule is CN(CCCl)C(=O)c1ccc(Br)cc1F. The summed E-state index contributed by atoms with van der Waals surface area (Å²) in [5, 5.41) is 0. The summed E-state index contributed by atoms with van der Waals surface area (Å²) in [7, 11) is 1.59. The molecule has 0 heterocycles. The second-order valence-corrected chi connectivity index (χ2v) is 4.33. The van der Waals surface area contributed by atoms with Gasteiger partial charge in [0.15, 0.2) is 0 Å². The fraction of sp³-hybridized carbons (Fsp3) is 0.300. The van der Waals surface area contributed by atoms with Gasteiger partial charge in [-0.15, -0.1) is 11.6 Å². The number of nitrogens with zero attached hydrogens (tertiary/aromatic N) is 1. The maximum absolute atomic E-state index is 13.4. The van der Waals surface area contributed by atoms with Gasteiger partial charge in [-0.05, 0) is 18.2 Å². The van der Waals surface area contributed by atoms with Crippen molar-refractivity contribution in [2.75, 3.05) is 19.5 Å². The molecule has 0 aromatic heterocycles. The van der Waals surface area contributed by atoms with E-state index in [1.54, 1.807) is 13.1 Å². The van der Waals surface area contributed by atoms with Crippen LogP contribution in [-0.4, -0.2) is 30.3 Å². The molecule has 15 heavy (non-hydrogen) atoms. The smallest absolute Gasteiger partial charge is 0.256 e. The van der Waals surface area contributed by atoms with Gasteiger partial charge in [0.1, 0.15) is 5.82 Å². The van der Waals surface area contributed by atoms with E-state index in [9.17, 15) is 9.18 Å². The summed E-state index contributed by atoms with van der Waals surface area (Å²) >= 11 is 8.62. The molecular weight excluding hydrogens is 284 g/mol. The number of benzene rings is 1. The molecule has 0 saturated carbocycles. The van der Waals surface area contributed by atoms with E-state index >= 15 is 0 Å². The minimum absolute atomic E-state index is 0.0609. The molecule has 0 spiro atoms. The molecule has 1 rings (SSSR count). The zero-order chi connectivity index (χ0) is 11.4. The lowest BCUT2D eigenvalue weighted by Crippen LogP contribution is -2.29. The van der Waals surface area contributed by atoms with Gasteiger partial charge in [-0.3, -0.25) is 4.79 Å². The highest BCUT2D eigenvalue weighted by Gasteiger charge is 2.15. The topological polar surface area (TPSA) is 20.3 Å². The molecular formula is C10H10BrClFNO. The molecule has 1 amide bonds. The van der Waals surface area contributed by atoms with E-state index in [0.717, 1.165) is 0 Å². The van der Waals surface area contributed by atoms with Gasteiger partial charge < -0.3 is 4.90 Å². The van der Waals surface area contributed by atoms with Crippen LogP contribution in [-0.2, 0) is 0 Å². The van der Waals surface area contributed by atoms with Gasteiger partial charge in [-0.2, -0.15) is 0 Å². The third-order valence-corrected chi connectivity index (χ3v) is 2.59. The van der Waals surface area contributed by atoms with E-state index in [0.29, 0.717) is 16.9 Å². The molecule has 0 aliphatic carbocycles. The molecule has 0 aliphatic rings. The third kappa shape index (κ3) is 3.18. The van der Waals surface area contributed by atoms with Crippen molar-refractivity contribution in [1.29, 1.82) is 0 Å². The van der Waals surface area contributed by atoms with Crippen LogP contribution in [0.4, 0.5) is 4.39 Å². The van der Waals surface area contributed by atoms with Crippen LogP contribution in [0.3, 0.4) is 0 Å². The van der Waals surface area contributed by atoms with E-state index in [1.807, 2.05) is 0 Å². The molecule has 0 bridgehead atoms. The molecule has 5 heteroatoms. The van der Waals surface area contributed by atoms with Crippen LogP contribution in [0.5, 0.6) is 0 Å². The quantitative estimate of drug-likeness (QED) is 0.785. The van der Waals surface area contributed by atoms with Crippen LogP contribution >= 0.6 is 27.5 Å². The maximum Gasteiger partial charge on any atom is 0.256 e. The Labute approximate surface area is 101 Å².